The largest absolute Gasteiger partial charge is 0.487 e. The minimum absolute atomic E-state index is 0.0292. The molecule has 0 atom stereocenters. The highest BCUT2D eigenvalue weighted by molar-refractivity contribution is 6.30. The molecule has 17 heavy (non-hydrogen) atoms. The molecule has 0 fully saturated rings. The molecular formula is C12H8Cl2FNO. The highest BCUT2D eigenvalue weighted by Crippen LogP contribution is 2.21. The van der Waals surface area contributed by atoms with Crippen LogP contribution in [0.4, 0.5) is 4.39 Å². The summed E-state index contributed by atoms with van der Waals surface area (Å²) in [5, 5.41) is 0.435. The number of hydrogen-bond acceptors (Lipinski definition) is 2. The average molecular weight is 272 g/mol. The first-order chi connectivity index (χ1) is 8.15. The van der Waals surface area contributed by atoms with Crippen molar-refractivity contribution in [3.05, 3.63) is 58.1 Å². The van der Waals surface area contributed by atoms with E-state index in [0.717, 1.165) is 0 Å². The average Bonchev–Trinajstić information content (AvgIpc) is 2.31. The summed E-state index contributed by atoms with van der Waals surface area (Å²) in [6.45, 7) is 0.253. The lowest BCUT2D eigenvalue weighted by atomic mass is 10.3. The fourth-order valence-electron chi connectivity index (χ4n) is 1.25. The second-order valence-corrected chi connectivity index (χ2v) is 4.11. The molecule has 0 saturated carbocycles. The van der Waals surface area contributed by atoms with Crippen LogP contribution >= 0.6 is 23.2 Å². The van der Waals surface area contributed by atoms with E-state index in [0.29, 0.717) is 16.6 Å². The molecule has 1 heterocycles. The first kappa shape index (κ1) is 12.1. The molecule has 2 rings (SSSR count). The minimum Gasteiger partial charge on any atom is -0.487 e. The number of rotatable bonds is 3. The Kier molecular flexibility index (Phi) is 3.82. The standard InChI is InChI=1S/C12H8Cl2FNO/c13-10-6-9(4-5-11(10)15)17-7-8-2-1-3-12(14)16-8/h1-6H,7H2. The molecule has 0 aliphatic carbocycles. The van der Waals surface area contributed by atoms with Crippen LogP contribution in [0.15, 0.2) is 36.4 Å². The van der Waals surface area contributed by atoms with Gasteiger partial charge in [0.2, 0.25) is 0 Å². The van der Waals surface area contributed by atoms with Crippen molar-refractivity contribution >= 4 is 23.2 Å². The molecule has 88 valence electrons. The molecule has 0 bridgehead atoms. The first-order valence-corrected chi connectivity index (χ1v) is 5.60. The lowest BCUT2D eigenvalue weighted by molar-refractivity contribution is 0.301. The summed E-state index contributed by atoms with van der Waals surface area (Å²) in [7, 11) is 0. The first-order valence-electron chi connectivity index (χ1n) is 4.84. The number of pyridine rings is 1. The quantitative estimate of drug-likeness (QED) is 0.784. The third-order valence-corrected chi connectivity index (χ3v) is 2.55. The monoisotopic (exact) mass is 271 g/mol. The Morgan fingerprint density at radius 3 is 2.71 bits per heavy atom. The van der Waals surface area contributed by atoms with E-state index in [1.165, 1.54) is 18.2 Å². The van der Waals surface area contributed by atoms with Crippen molar-refractivity contribution in [1.29, 1.82) is 0 Å². The van der Waals surface area contributed by atoms with Crippen molar-refractivity contribution < 1.29 is 9.13 Å². The SMILES string of the molecule is Fc1ccc(OCc2cccc(Cl)n2)cc1Cl. The Bertz CT molecular complexity index is 534. The van der Waals surface area contributed by atoms with Crippen molar-refractivity contribution in [2.24, 2.45) is 0 Å². The Morgan fingerprint density at radius 1 is 1.18 bits per heavy atom. The van der Waals surface area contributed by atoms with Crippen LogP contribution in [0.3, 0.4) is 0 Å². The van der Waals surface area contributed by atoms with E-state index < -0.39 is 5.82 Å². The summed E-state index contributed by atoms with van der Waals surface area (Å²) >= 11 is 11.4. The highest BCUT2D eigenvalue weighted by atomic mass is 35.5. The summed E-state index contributed by atoms with van der Waals surface area (Å²) in [5.41, 5.74) is 0.693. The molecule has 5 heteroatoms. The van der Waals surface area contributed by atoms with Crippen LogP contribution in [0.1, 0.15) is 5.69 Å². The fourth-order valence-corrected chi connectivity index (χ4v) is 1.61. The van der Waals surface area contributed by atoms with E-state index in [9.17, 15) is 4.39 Å². The predicted molar refractivity (Wildman–Crippen MR) is 65.0 cm³/mol. The van der Waals surface area contributed by atoms with Crippen LogP contribution in [0, 0.1) is 5.82 Å². The van der Waals surface area contributed by atoms with Crippen LogP contribution in [0.2, 0.25) is 10.2 Å². The van der Waals surface area contributed by atoms with E-state index in [2.05, 4.69) is 4.98 Å². The number of hydrogen-bond donors (Lipinski definition) is 0. The van der Waals surface area contributed by atoms with Gasteiger partial charge in [0.25, 0.3) is 0 Å². The Labute approximate surface area is 108 Å². The zero-order valence-corrected chi connectivity index (χ0v) is 10.2. The van der Waals surface area contributed by atoms with Gasteiger partial charge in [0.15, 0.2) is 0 Å². The van der Waals surface area contributed by atoms with Gasteiger partial charge in [-0.1, -0.05) is 29.3 Å². The van der Waals surface area contributed by atoms with Gasteiger partial charge in [-0.3, -0.25) is 0 Å². The van der Waals surface area contributed by atoms with Gasteiger partial charge in [-0.15, -0.1) is 0 Å². The van der Waals surface area contributed by atoms with Crippen LogP contribution in [0.25, 0.3) is 0 Å². The van der Waals surface area contributed by atoms with Crippen LogP contribution in [-0.2, 0) is 6.61 Å². The lowest BCUT2D eigenvalue weighted by Crippen LogP contribution is -1.98. The molecule has 0 aliphatic rings. The molecule has 0 radical (unpaired) electrons. The van der Waals surface area contributed by atoms with E-state index in [1.54, 1.807) is 18.2 Å². The van der Waals surface area contributed by atoms with Crippen LogP contribution in [-0.4, -0.2) is 4.98 Å². The number of benzene rings is 1. The summed E-state index contributed by atoms with van der Waals surface area (Å²) in [5.74, 6) is 0.0121. The van der Waals surface area contributed by atoms with Gasteiger partial charge >= 0.3 is 0 Å². The highest BCUT2D eigenvalue weighted by Gasteiger charge is 2.02. The molecule has 0 N–H and O–H groups in total. The number of aromatic nitrogens is 1. The van der Waals surface area contributed by atoms with Crippen molar-refractivity contribution in [2.45, 2.75) is 6.61 Å². The van der Waals surface area contributed by atoms with Gasteiger partial charge in [0.1, 0.15) is 23.3 Å². The van der Waals surface area contributed by atoms with Gasteiger partial charge in [-0.25, -0.2) is 9.37 Å². The topological polar surface area (TPSA) is 22.1 Å². The number of halogens is 3. The normalized spacial score (nSPS) is 10.3. The lowest BCUT2D eigenvalue weighted by Gasteiger charge is -2.06. The third kappa shape index (κ3) is 3.32. The maximum absolute atomic E-state index is 12.9. The van der Waals surface area contributed by atoms with Gasteiger partial charge in [0, 0.05) is 6.07 Å². The Hall–Kier alpha value is -1.32. The molecule has 0 unspecified atom stereocenters. The molecule has 0 aliphatic heterocycles. The second-order valence-electron chi connectivity index (χ2n) is 3.32. The van der Waals surface area contributed by atoms with E-state index >= 15 is 0 Å². The maximum atomic E-state index is 12.9. The van der Waals surface area contributed by atoms with Crippen LogP contribution < -0.4 is 4.74 Å². The van der Waals surface area contributed by atoms with Crippen molar-refractivity contribution in [1.82, 2.24) is 4.98 Å². The predicted octanol–water partition coefficient (Wildman–Crippen LogP) is 4.11. The number of ether oxygens (including phenoxy) is 1. The third-order valence-electron chi connectivity index (χ3n) is 2.05. The van der Waals surface area contributed by atoms with Crippen molar-refractivity contribution in [3.63, 3.8) is 0 Å². The van der Waals surface area contributed by atoms with Gasteiger partial charge in [-0.05, 0) is 24.3 Å². The molecule has 0 amide bonds. The summed E-state index contributed by atoms with van der Waals surface area (Å²) < 4.78 is 18.3. The van der Waals surface area contributed by atoms with E-state index in [1.807, 2.05) is 0 Å². The smallest absolute Gasteiger partial charge is 0.142 e. The van der Waals surface area contributed by atoms with E-state index in [-0.39, 0.29) is 11.6 Å². The van der Waals surface area contributed by atoms with Crippen LogP contribution in [0.5, 0.6) is 5.75 Å². The summed E-state index contributed by atoms with van der Waals surface area (Å²) in [6, 6.07) is 9.43. The molecule has 0 spiro atoms. The maximum Gasteiger partial charge on any atom is 0.142 e. The van der Waals surface area contributed by atoms with Gasteiger partial charge in [-0.2, -0.15) is 0 Å². The Balaban J connectivity index is 2.05. The molecule has 2 aromatic rings. The second kappa shape index (κ2) is 5.34. The zero-order chi connectivity index (χ0) is 12.3. The minimum atomic E-state index is -0.472. The van der Waals surface area contributed by atoms with E-state index in [4.69, 9.17) is 27.9 Å². The molecule has 1 aromatic heterocycles. The zero-order valence-electron chi connectivity index (χ0n) is 8.66. The molecule has 2 nitrogen and oxygen atoms in total. The van der Waals surface area contributed by atoms with Gasteiger partial charge in [0.05, 0.1) is 10.7 Å². The number of nitrogens with zero attached hydrogens (tertiary/aromatic N) is 1. The van der Waals surface area contributed by atoms with Crippen molar-refractivity contribution in [3.8, 4) is 5.75 Å². The fraction of sp³-hybridized carbons (Fsp3) is 0.0833. The molecular weight excluding hydrogens is 264 g/mol. The summed E-state index contributed by atoms with van der Waals surface area (Å²) in [6.07, 6.45) is 0. The van der Waals surface area contributed by atoms with Crippen molar-refractivity contribution in [2.75, 3.05) is 0 Å². The van der Waals surface area contributed by atoms with Gasteiger partial charge < -0.3 is 4.74 Å². The summed E-state index contributed by atoms with van der Waals surface area (Å²) in [4.78, 5) is 4.06. The Morgan fingerprint density at radius 2 is 2.00 bits per heavy atom. The molecule has 1 aromatic carbocycles. The molecule has 0 saturated heterocycles.